The van der Waals surface area contributed by atoms with E-state index in [4.69, 9.17) is 10.3 Å². The maximum absolute atomic E-state index is 10.8. The van der Waals surface area contributed by atoms with E-state index >= 15 is 0 Å². The lowest BCUT2D eigenvalue weighted by Gasteiger charge is -1.86. The first-order valence-corrected chi connectivity index (χ1v) is 5.83. The van der Waals surface area contributed by atoms with Crippen LogP contribution in [0.5, 0.6) is 0 Å². The lowest BCUT2D eigenvalue weighted by molar-refractivity contribution is 0.396. The number of thioether (sulfide) groups is 1. The van der Waals surface area contributed by atoms with Gasteiger partial charge in [-0.25, -0.2) is 0 Å². The van der Waals surface area contributed by atoms with Crippen LogP contribution in [-0.2, 0) is 9.09 Å². The molecule has 1 atom stereocenters. The van der Waals surface area contributed by atoms with Gasteiger partial charge < -0.3 is 5.73 Å². The van der Waals surface area contributed by atoms with Crippen molar-refractivity contribution in [3.05, 3.63) is 0 Å². The Morgan fingerprint density at radius 2 is 2.40 bits per heavy atom. The van der Waals surface area contributed by atoms with Crippen molar-refractivity contribution in [3.8, 4) is 0 Å². The fourth-order valence-electron chi connectivity index (χ4n) is 0.396. The molecule has 60 valence electrons. The van der Waals surface area contributed by atoms with Crippen molar-refractivity contribution in [1.82, 2.24) is 0 Å². The molecule has 1 unspecified atom stereocenters. The standard InChI is InChI=1S/C5H13NO2PS/c1-10-5-8-9(7)4-2-3-6/h2-6H2,1H3/q+1. The molecule has 0 saturated carbocycles. The van der Waals surface area contributed by atoms with Gasteiger partial charge in [-0.15, -0.1) is 16.3 Å². The summed E-state index contributed by atoms with van der Waals surface area (Å²) in [4.78, 5) is 0. The molecule has 0 aliphatic carbocycles. The fourth-order valence-corrected chi connectivity index (χ4v) is 1.86. The van der Waals surface area contributed by atoms with Gasteiger partial charge in [0.25, 0.3) is 0 Å². The van der Waals surface area contributed by atoms with E-state index in [1.165, 1.54) is 11.8 Å². The van der Waals surface area contributed by atoms with Crippen LogP contribution < -0.4 is 5.73 Å². The van der Waals surface area contributed by atoms with Crippen LogP contribution in [0.25, 0.3) is 0 Å². The maximum atomic E-state index is 10.8. The van der Waals surface area contributed by atoms with Gasteiger partial charge in [-0.2, -0.15) is 0 Å². The third-order valence-corrected chi connectivity index (χ3v) is 2.49. The number of rotatable bonds is 6. The normalized spacial score (nSPS) is 11.6. The summed E-state index contributed by atoms with van der Waals surface area (Å²) >= 11 is 1.53. The molecule has 0 heterocycles. The van der Waals surface area contributed by atoms with Crippen molar-refractivity contribution in [2.75, 3.05) is 24.9 Å². The zero-order chi connectivity index (χ0) is 7.82. The molecular formula is C5H13NO2PS+. The molecule has 2 N–H and O–H groups in total. The van der Waals surface area contributed by atoms with E-state index in [1.54, 1.807) is 0 Å². The zero-order valence-corrected chi connectivity index (χ0v) is 7.79. The van der Waals surface area contributed by atoms with Crippen LogP contribution in [0.4, 0.5) is 0 Å². The van der Waals surface area contributed by atoms with Gasteiger partial charge in [0.15, 0.2) is 6.16 Å². The van der Waals surface area contributed by atoms with E-state index in [-0.39, 0.29) is 0 Å². The Bertz CT molecular complexity index is 91.6. The molecule has 10 heavy (non-hydrogen) atoms. The molecule has 0 aromatic rings. The second kappa shape index (κ2) is 7.48. The van der Waals surface area contributed by atoms with Gasteiger partial charge >= 0.3 is 8.03 Å². The highest BCUT2D eigenvalue weighted by molar-refractivity contribution is 7.98. The van der Waals surface area contributed by atoms with Crippen molar-refractivity contribution in [3.63, 3.8) is 0 Å². The van der Waals surface area contributed by atoms with Crippen molar-refractivity contribution in [2.45, 2.75) is 6.42 Å². The average molecular weight is 182 g/mol. The average Bonchev–Trinajstić information content (AvgIpc) is 1.97. The van der Waals surface area contributed by atoms with E-state index in [0.717, 1.165) is 6.42 Å². The summed E-state index contributed by atoms with van der Waals surface area (Å²) in [6.45, 7) is 0.587. The van der Waals surface area contributed by atoms with Crippen LogP contribution in [0.1, 0.15) is 6.42 Å². The predicted octanol–water partition coefficient (Wildman–Crippen LogP) is 1.41. The maximum Gasteiger partial charge on any atom is 0.508 e. The molecule has 0 aromatic heterocycles. The van der Waals surface area contributed by atoms with Crippen molar-refractivity contribution < 1.29 is 9.09 Å². The summed E-state index contributed by atoms with van der Waals surface area (Å²) in [5.41, 5.74) is 5.22. The highest BCUT2D eigenvalue weighted by Crippen LogP contribution is 2.23. The molecular weight excluding hydrogens is 169 g/mol. The Morgan fingerprint density at radius 1 is 1.70 bits per heavy atom. The minimum Gasteiger partial charge on any atom is -0.330 e. The highest BCUT2D eigenvalue weighted by atomic mass is 32.2. The SMILES string of the molecule is CSCO[P+](=O)CCCN. The largest absolute Gasteiger partial charge is 0.508 e. The van der Waals surface area contributed by atoms with Gasteiger partial charge in [-0.3, -0.25) is 0 Å². The quantitative estimate of drug-likeness (QED) is 0.498. The van der Waals surface area contributed by atoms with Gasteiger partial charge in [-0.1, -0.05) is 0 Å². The minimum absolute atomic E-state index is 0.514. The Morgan fingerprint density at radius 3 is 2.90 bits per heavy atom. The topological polar surface area (TPSA) is 52.3 Å². The first-order chi connectivity index (χ1) is 4.81. The van der Waals surface area contributed by atoms with Crippen molar-refractivity contribution in [2.24, 2.45) is 5.73 Å². The Hall–Kier alpha value is 0.370. The highest BCUT2D eigenvalue weighted by Gasteiger charge is 2.14. The summed E-state index contributed by atoms with van der Waals surface area (Å²) < 4.78 is 15.7. The summed E-state index contributed by atoms with van der Waals surface area (Å²) in [7, 11) is -1.44. The van der Waals surface area contributed by atoms with E-state index in [9.17, 15) is 4.57 Å². The van der Waals surface area contributed by atoms with Gasteiger partial charge in [-0.05, 0) is 17.4 Å². The number of nitrogens with two attached hydrogens (primary N) is 1. The lowest BCUT2D eigenvalue weighted by atomic mass is 10.5. The number of hydrogen-bond acceptors (Lipinski definition) is 4. The van der Waals surface area contributed by atoms with Crippen LogP contribution in [0.2, 0.25) is 0 Å². The monoisotopic (exact) mass is 182 g/mol. The Kier molecular flexibility index (Phi) is 7.75. The fraction of sp³-hybridized carbons (Fsp3) is 1.00. The summed E-state index contributed by atoms with van der Waals surface area (Å²) in [5.74, 6) is 0.514. The van der Waals surface area contributed by atoms with Crippen LogP contribution in [0, 0.1) is 0 Å². The molecule has 0 spiro atoms. The predicted molar refractivity (Wildman–Crippen MR) is 45.6 cm³/mol. The summed E-state index contributed by atoms with van der Waals surface area (Å²) in [6, 6.07) is 0. The molecule has 0 radical (unpaired) electrons. The van der Waals surface area contributed by atoms with E-state index in [1.807, 2.05) is 6.26 Å². The third-order valence-electron chi connectivity index (χ3n) is 0.859. The summed E-state index contributed by atoms with van der Waals surface area (Å²) in [6.07, 6.45) is 3.28. The second-order valence-corrected chi connectivity index (χ2v) is 3.92. The zero-order valence-electron chi connectivity index (χ0n) is 6.08. The molecule has 3 nitrogen and oxygen atoms in total. The molecule has 5 heteroatoms. The van der Waals surface area contributed by atoms with Gasteiger partial charge in [0.05, 0.1) is 0 Å². The first-order valence-electron chi connectivity index (χ1n) is 3.08. The van der Waals surface area contributed by atoms with Crippen molar-refractivity contribution in [1.29, 1.82) is 0 Å². The first kappa shape index (κ1) is 10.4. The van der Waals surface area contributed by atoms with Crippen molar-refractivity contribution >= 4 is 19.8 Å². The van der Waals surface area contributed by atoms with E-state index < -0.39 is 8.03 Å². The molecule has 0 amide bonds. The summed E-state index contributed by atoms with van der Waals surface area (Å²) in [5, 5.41) is 0. The second-order valence-electron chi connectivity index (χ2n) is 1.73. The molecule has 0 saturated heterocycles. The molecule has 0 aliphatic rings. The smallest absolute Gasteiger partial charge is 0.330 e. The third kappa shape index (κ3) is 6.49. The molecule has 0 rings (SSSR count). The lowest BCUT2D eigenvalue weighted by Crippen LogP contribution is -1.99. The van der Waals surface area contributed by atoms with Crippen LogP contribution in [0.3, 0.4) is 0 Å². The van der Waals surface area contributed by atoms with E-state index in [0.29, 0.717) is 18.6 Å². The molecule has 0 aliphatic heterocycles. The van der Waals surface area contributed by atoms with Crippen LogP contribution in [0.15, 0.2) is 0 Å². The van der Waals surface area contributed by atoms with E-state index in [2.05, 4.69) is 0 Å². The van der Waals surface area contributed by atoms with Gasteiger partial charge in [0.1, 0.15) is 5.94 Å². The van der Waals surface area contributed by atoms with Crippen LogP contribution in [-0.4, -0.2) is 24.9 Å². The van der Waals surface area contributed by atoms with Gasteiger partial charge in [0.2, 0.25) is 0 Å². The molecule has 0 bridgehead atoms. The molecule has 0 fully saturated rings. The van der Waals surface area contributed by atoms with Crippen LogP contribution >= 0.6 is 19.8 Å². The number of hydrogen-bond donors (Lipinski definition) is 1. The Labute approximate surface area is 66.6 Å². The minimum atomic E-state index is -1.44. The Balaban J connectivity index is 3.09. The van der Waals surface area contributed by atoms with Gasteiger partial charge in [0, 0.05) is 6.42 Å². The molecule has 0 aromatic carbocycles.